The lowest BCUT2D eigenvalue weighted by Gasteiger charge is -2.04. The molecule has 0 amide bonds. The van der Waals surface area contributed by atoms with Gasteiger partial charge in [0, 0.05) is 11.9 Å². The summed E-state index contributed by atoms with van der Waals surface area (Å²) in [7, 11) is 0. The van der Waals surface area contributed by atoms with Crippen molar-refractivity contribution in [1.82, 2.24) is 40.8 Å². The first-order valence-electron chi connectivity index (χ1n) is 5.81. The Balaban J connectivity index is 1.82. The molecule has 1 aromatic carbocycles. The third-order valence-electron chi connectivity index (χ3n) is 2.55. The largest absolute Gasteiger partial charge is 0.360 e. The first-order chi connectivity index (χ1) is 10.4. The van der Waals surface area contributed by atoms with Crippen molar-refractivity contribution in [3.63, 3.8) is 0 Å². The maximum absolute atomic E-state index is 9.07. The lowest BCUT2D eigenvalue weighted by Crippen LogP contribution is -1.97. The molecule has 0 aliphatic rings. The molecule has 0 aliphatic carbocycles. The summed E-state index contributed by atoms with van der Waals surface area (Å²) in [5.41, 5.74) is 1.81. The molecule has 10 heteroatoms. The van der Waals surface area contributed by atoms with Crippen molar-refractivity contribution in [3.8, 4) is 11.8 Å². The molecule has 0 bridgehead atoms. The molecule has 0 aliphatic heterocycles. The lowest BCUT2D eigenvalue weighted by molar-refractivity contribution is 0.789. The van der Waals surface area contributed by atoms with Gasteiger partial charge in [-0.05, 0) is 33.8 Å². The maximum atomic E-state index is 9.07. The second-order valence-electron chi connectivity index (χ2n) is 3.85. The Labute approximate surface area is 118 Å². The summed E-state index contributed by atoms with van der Waals surface area (Å²) in [6.45, 7) is 0. The summed E-state index contributed by atoms with van der Waals surface area (Å²) in [6, 6.07) is 9.36. The van der Waals surface area contributed by atoms with Crippen LogP contribution in [-0.2, 0) is 0 Å². The molecule has 21 heavy (non-hydrogen) atoms. The molecular weight excluding hydrogens is 272 g/mol. The quantitative estimate of drug-likeness (QED) is 0.645. The van der Waals surface area contributed by atoms with Gasteiger partial charge in [-0.2, -0.15) is 10.5 Å². The Morgan fingerprint density at radius 3 is 3.10 bits per heavy atom. The molecule has 0 atom stereocenters. The van der Waals surface area contributed by atoms with Crippen molar-refractivity contribution in [2.24, 2.45) is 0 Å². The number of hydrogen-bond donors (Lipinski definition) is 2. The molecule has 2 N–H and O–H groups in total. The third-order valence-corrected chi connectivity index (χ3v) is 2.55. The molecule has 0 saturated heterocycles. The van der Waals surface area contributed by atoms with Gasteiger partial charge >= 0.3 is 0 Å². The summed E-state index contributed by atoms with van der Waals surface area (Å²) in [5, 5.41) is 36.2. The monoisotopic (exact) mass is 280 g/mol. The van der Waals surface area contributed by atoms with Gasteiger partial charge in [0.05, 0.1) is 5.69 Å². The van der Waals surface area contributed by atoms with Crippen LogP contribution < -0.4 is 5.32 Å². The van der Waals surface area contributed by atoms with Gasteiger partial charge in [0.15, 0.2) is 0 Å². The number of rotatable bonds is 4. The number of allylic oxidation sites excluding steroid dienone is 1. The Morgan fingerprint density at radius 1 is 1.43 bits per heavy atom. The van der Waals surface area contributed by atoms with Gasteiger partial charge in [-0.3, -0.25) is 0 Å². The Morgan fingerprint density at radius 2 is 2.38 bits per heavy atom. The number of tetrazole rings is 2. The number of nitriles is 1. The van der Waals surface area contributed by atoms with Crippen molar-refractivity contribution < 1.29 is 0 Å². The van der Waals surface area contributed by atoms with E-state index in [1.165, 1.54) is 17.2 Å². The molecule has 2 heterocycles. The van der Waals surface area contributed by atoms with Crippen LogP contribution in [0.1, 0.15) is 5.82 Å². The molecule has 2 aromatic heterocycles. The van der Waals surface area contributed by atoms with Gasteiger partial charge in [-0.1, -0.05) is 6.07 Å². The summed E-state index contributed by atoms with van der Waals surface area (Å²) >= 11 is 0. The van der Waals surface area contributed by atoms with Crippen LogP contribution in [-0.4, -0.2) is 40.8 Å². The van der Waals surface area contributed by atoms with Crippen molar-refractivity contribution in [2.75, 3.05) is 5.32 Å². The zero-order chi connectivity index (χ0) is 14.5. The minimum absolute atomic E-state index is 0.224. The van der Waals surface area contributed by atoms with Gasteiger partial charge in [0.2, 0.25) is 5.82 Å². The first kappa shape index (κ1) is 12.4. The molecule has 3 aromatic rings. The maximum Gasteiger partial charge on any atom is 0.216 e. The highest BCUT2D eigenvalue weighted by molar-refractivity contribution is 5.74. The standard InChI is InChI=1S/C11H8N10/c12-5-8(11-15-18-19-16-11)6-13-9-2-1-3-10(4-9)21-7-14-17-20-21/h1-4,6-7,13H,(H,15,16,18,19). The third kappa shape index (κ3) is 2.71. The fraction of sp³-hybridized carbons (Fsp3) is 0. The molecule has 102 valence electrons. The molecule has 0 saturated carbocycles. The number of anilines is 1. The predicted octanol–water partition coefficient (Wildman–Crippen LogP) is 0.152. The highest BCUT2D eigenvalue weighted by Crippen LogP contribution is 2.14. The Hall–Kier alpha value is -3.61. The average Bonchev–Trinajstić information content (AvgIpc) is 3.22. The summed E-state index contributed by atoms with van der Waals surface area (Å²) in [4.78, 5) is 0. The van der Waals surface area contributed by atoms with E-state index in [1.807, 2.05) is 30.3 Å². The smallest absolute Gasteiger partial charge is 0.216 e. The number of hydrogen-bond acceptors (Lipinski definition) is 8. The highest BCUT2D eigenvalue weighted by atomic mass is 15.5. The molecule has 3 rings (SSSR count). The number of nitrogens with one attached hydrogen (secondary N) is 2. The number of benzene rings is 1. The summed E-state index contributed by atoms with van der Waals surface area (Å²) < 4.78 is 1.53. The average molecular weight is 280 g/mol. The lowest BCUT2D eigenvalue weighted by atomic mass is 10.2. The van der Waals surface area contributed by atoms with Crippen molar-refractivity contribution in [2.45, 2.75) is 0 Å². The summed E-state index contributed by atoms with van der Waals surface area (Å²) in [6.07, 6.45) is 3.00. The molecule has 0 spiro atoms. The van der Waals surface area contributed by atoms with Crippen molar-refractivity contribution in [1.29, 1.82) is 5.26 Å². The number of nitrogens with zero attached hydrogens (tertiary/aromatic N) is 8. The van der Waals surface area contributed by atoms with E-state index in [-0.39, 0.29) is 11.4 Å². The first-order valence-corrected chi connectivity index (χ1v) is 5.81. The minimum Gasteiger partial charge on any atom is -0.360 e. The van der Waals surface area contributed by atoms with E-state index in [1.54, 1.807) is 0 Å². The van der Waals surface area contributed by atoms with Crippen LogP contribution in [0.2, 0.25) is 0 Å². The minimum atomic E-state index is 0.224. The van der Waals surface area contributed by atoms with E-state index in [0.29, 0.717) is 0 Å². The van der Waals surface area contributed by atoms with Gasteiger partial charge in [-0.25, -0.2) is 4.68 Å². The highest BCUT2D eigenvalue weighted by Gasteiger charge is 2.05. The fourth-order valence-corrected chi connectivity index (χ4v) is 1.60. The van der Waals surface area contributed by atoms with Gasteiger partial charge in [0.1, 0.15) is 18.0 Å². The molecule has 0 unspecified atom stereocenters. The molecule has 10 nitrogen and oxygen atoms in total. The van der Waals surface area contributed by atoms with Gasteiger partial charge < -0.3 is 5.32 Å². The second-order valence-corrected chi connectivity index (χ2v) is 3.85. The van der Waals surface area contributed by atoms with Crippen LogP contribution in [0, 0.1) is 11.3 Å². The van der Waals surface area contributed by atoms with Crippen LogP contribution >= 0.6 is 0 Å². The van der Waals surface area contributed by atoms with E-state index in [2.05, 4.69) is 41.5 Å². The zero-order valence-electron chi connectivity index (χ0n) is 10.5. The topological polar surface area (TPSA) is 134 Å². The molecule has 0 fully saturated rings. The van der Waals surface area contributed by atoms with E-state index >= 15 is 0 Å². The van der Waals surface area contributed by atoms with Crippen molar-refractivity contribution >= 4 is 11.3 Å². The fourth-order valence-electron chi connectivity index (χ4n) is 1.60. The number of H-pyrrole nitrogens is 1. The van der Waals surface area contributed by atoms with Crippen LogP contribution in [0.4, 0.5) is 5.69 Å². The SMILES string of the molecule is N#CC(=CNc1cccc(-n2cnnn2)c1)c1nn[nH]n1. The van der Waals surface area contributed by atoms with E-state index in [4.69, 9.17) is 5.26 Å². The number of aromatic amines is 1. The zero-order valence-corrected chi connectivity index (χ0v) is 10.5. The van der Waals surface area contributed by atoms with Crippen LogP contribution in [0.3, 0.4) is 0 Å². The van der Waals surface area contributed by atoms with Crippen LogP contribution in [0.5, 0.6) is 0 Å². The van der Waals surface area contributed by atoms with E-state index in [9.17, 15) is 0 Å². The van der Waals surface area contributed by atoms with Crippen molar-refractivity contribution in [3.05, 3.63) is 42.6 Å². The number of aromatic nitrogens is 8. The van der Waals surface area contributed by atoms with Crippen LogP contribution in [0.25, 0.3) is 11.3 Å². The van der Waals surface area contributed by atoms with Gasteiger partial charge in [0.25, 0.3) is 0 Å². The van der Waals surface area contributed by atoms with E-state index in [0.717, 1.165) is 11.4 Å². The molecule has 0 radical (unpaired) electrons. The van der Waals surface area contributed by atoms with E-state index < -0.39 is 0 Å². The predicted molar refractivity (Wildman–Crippen MR) is 70.5 cm³/mol. The van der Waals surface area contributed by atoms with Crippen LogP contribution in [0.15, 0.2) is 36.8 Å². The Bertz CT molecular complexity index is 781. The normalized spacial score (nSPS) is 11.1. The second kappa shape index (κ2) is 5.57. The summed E-state index contributed by atoms with van der Waals surface area (Å²) in [5.74, 6) is 0.224. The molecular formula is C11H8N10. The van der Waals surface area contributed by atoms with Gasteiger partial charge in [-0.15, -0.1) is 15.3 Å². The Kier molecular flexibility index (Phi) is 3.30.